The molecule has 0 spiro atoms. The Morgan fingerprint density at radius 1 is 1.00 bits per heavy atom. The van der Waals surface area contributed by atoms with Crippen LogP contribution in [0.2, 0.25) is 0 Å². The highest BCUT2D eigenvalue weighted by Gasteiger charge is 2.48. The van der Waals surface area contributed by atoms with Gasteiger partial charge in [-0.3, -0.25) is 9.78 Å². The molecule has 0 unspecified atom stereocenters. The van der Waals surface area contributed by atoms with E-state index in [-0.39, 0.29) is 11.3 Å². The lowest BCUT2D eigenvalue weighted by atomic mass is 9.90. The number of amides is 1. The molecule has 0 radical (unpaired) electrons. The number of carbonyl (C=O) groups excluding carboxylic acids is 1. The van der Waals surface area contributed by atoms with E-state index in [1.165, 1.54) is 5.56 Å². The summed E-state index contributed by atoms with van der Waals surface area (Å²) in [4.78, 5) is 26.8. The van der Waals surface area contributed by atoms with Crippen LogP contribution in [0.25, 0.3) is 27.9 Å². The molecule has 0 bridgehead atoms. The number of aromatic nitrogens is 5. The van der Waals surface area contributed by atoms with Gasteiger partial charge in [-0.05, 0) is 68.5 Å². The van der Waals surface area contributed by atoms with Gasteiger partial charge in [0.1, 0.15) is 5.69 Å². The number of pyridine rings is 1. The Kier molecular flexibility index (Phi) is 6.48. The fourth-order valence-corrected chi connectivity index (χ4v) is 5.89. The van der Waals surface area contributed by atoms with Crippen molar-refractivity contribution in [3.8, 4) is 11.3 Å². The number of ether oxygens (including phenoxy) is 2. The third-order valence-electron chi connectivity index (χ3n) is 8.48. The van der Waals surface area contributed by atoms with Gasteiger partial charge in [0.2, 0.25) is 0 Å². The molecule has 2 aliphatic rings. The molecule has 3 aromatic heterocycles. The number of fused-ring (bicyclic) bond motifs is 2. The van der Waals surface area contributed by atoms with Gasteiger partial charge in [0, 0.05) is 47.9 Å². The first-order valence-corrected chi connectivity index (χ1v) is 14.2. The number of nitrogens with zero attached hydrogens (tertiary/aromatic N) is 5. The maximum absolute atomic E-state index is 13.2. The summed E-state index contributed by atoms with van der Waals surface area (Å²) in [6.07, 6.45) is 8.98. The molecule has 4 heterocycles. The van der Waals surface area contributed by atoms with Crippen LogP contribution in [0.5, 0.6) is 0 Å². The summed E-state index contributed by atoms with van der Waals surface area (Å²) < 4.78 is 13.1. The van der Waals surface area contributed by atoms with Crippen LogP contribution in [-0.2, 0) is 14.9 Å². The number of rotatable bonds is 8. The van der Waals surface area contributed by atoms with E-state index < -0.39 is 5.54 Å². The summed E-state index contributed by atoms with van der Waals surface area (Å²) in [5.74, 6) is 0.461. The second kappa shape index (κ2) is 10.3. The quantitative estimate of drug-likeness (QED) is 0.299. The van der Waals surface area contributed by atoms with E-state index in [2.05, 4.69) is 44.5 Å². The predicted octanol–water partition coefficient (Wildman–Crippen LogP) is 4.73. The Balaban J connectivity index is 1.15. The van der Waals surface area contributed by atoms with Crippen molar-refractivity contribution in [1.82, 2.24) is 29.9 Å². The number of imidazole rings is 1. The fraction of sp³-hybridized carbons (Fsp3) is 0.344. The van der Waals surface area contributed by atoms with Gasteiger partial charge < -0.3 is 14.8 Å². The van der Waals surface area contributed by atoms with E-state index in [1.54, 1.807) is 6.20 Å². The zero-order valence-electron chi connectivity index (χ0n) is 23.0. The molecule has 41 heavy (non-hydrogen) atoms. The monoisotopic (exact) mass is 548 g/mol. The van der Waals surface area contributed by atoms with Crippen LogP contribution in [-0.4, -0.2) is 62.4 Å². The highest BCUT2D eigenvalue weighted by atomic mass is 16.5. The number of hydrogen-bond donors (Lipinski definition) is 1. The Morgan fingerprint density at radius 2 is 1.80 bits per heavy atom. The Bertz CT molecular complexity index is 1720. The van der Waals surface area contributed by atoms with Gasteiger partial charge in [-0.25, -0.2) is 9.97 Å². The largest absolute Gasteiger partial charge is 0.381 e. The topological polar surface area (TPSA) is 104 Å². The second-order valence-corrected chi connectivity index (χ2v) is 11.1. The van der Waals surface area contributed by atoms with Crippen molar-refractivity contribution in [2.24, 2.45) is 0 Å². The first-order chi connectivity index (χ1) is 20.1. The molecular formula is C32H32N6O3. The van der Waals surface area contributed by atoms with Gasteiger partial charge in [0.15, 0.2) is 0 Å². The molecule has 5 aromatic rings. The SMILES string of the molecule is CCOCC1(NC(=O)c2ccc(-c3cnc4ncc(C5(c6ccc7ncccc7c6)CC5)n4n3)cc2)CCOCC1. The Hall–Kier alpha value is -4.21. The van der Waals surface area contributed by atoms with Crippen LogP contribution < -0.4 is 5.32 Å². The van der Waals surface area contributed by atoms with Crippen molar-refractivity contribution >= 4 is 22.6 Å². The molecule has 1 amide bonds. The van der Waals surface area contributed by atoms with E-state index in [1.807, 2.05) is 54.2 Å². The number of carbonyl (C=O) groups is 1. The molecule has 2 aromatic carbocycles. The summed E-state index contributed by atoms with van der Waals surface area (Å²) in [5.41, 5.74) is 4.93. The van der Waals surface area contributed by atoms with Crippen LogP contribution >= 0.6 is 0 Å². The molecule has 1 N–H and O–H groups in total. The smallest absolute Gasteiger partial charge is 0.251 e. The Labute approximate surface area is 237 Å². The molecule has 1 saturated carbocycles. The van der Waals surface area contributed by atoms with Crippen LogP contribution in [0, 0.1) is 0 Å². The standard InChI is InChI=1S/C32H32N6O3/c1-2-40-21-31(13-16-41-17-14-31)36-29(39)23-7-5-22(6-8-23)27-19-34-30-35-20-28(38(30)37-27)32(11-12-32)25-9-10-26-24(18-25)4-3-15-33-26/h3-10,15,18-20H,2,11-14,16-17,21H2,1H3,(H,36,39). The summed E-state index contributed by atoms with van der Waals surface area (Å²) in [7, 11) is 0. The lowest BCUT2D eigenvalue weighted by Crippen LogP contribution is -2.55. The Morgan fingerprint density at radius 3 is 2.59 bits per heavy atom. The fourth-order valence-electron chi connectivity index (χ4n) is 5.89. The van der Waals surface area contributed by atoms with E-state index in [9.17, 15) is 4.79 Å². The minimum atomic E-state index is -0.404. The number of benzene rings is 2. The lowest BCUT2D eigenvalue weighted by molar-refractivity contribution is -0.00717. The minimum absolute atomic E-state index is 0.113. The van der Waals surface area contributed by atoms with Gasteiger partial charge in [-0.15, -0.1) is 0 Å². The predicted molar refractivity (Wildman–Crippen MR) is 155 cm³/mol. The van der Waals surface area contributed by atoms with Crippen LogP contribution in [0.15, 0.2) is 73.2 Å². The maximum Gasteiger partial charge on any atom is 0.251 e. The van der Waals surface area contributed by atoms with Crippen molar-refractivity contribution in [2.45, 2.75) is 43.6 Å². The molecule has 9 nitrogen and oxygen atoms in total. The minimum Gasteiger partial charge on any atom is -0.381 e. The van der Waals surface area contributed by atoms with Gasteiger partial charge in [-0.2, -0.15) is 9.61 Å². The average Bonchev–Trinajstić information content (AvgIpc) is 3.72. The molecule has 1 aliphatic heterocycles. The summed E-state index contributed by atoms with van der Waals surface area (Å²) in [6, 6.07) is 18.1. The zero-order valence-corrected chi connectivity index (χ0v) is 23.0. The van der Waals surface area contributed by atoms with Crippen LogP contribution in [0.4, 0.5) is 0 Å². The number of nitrogens with one attached hydrogen (secondary N) is 1. The molecule has 7 rings (SSSR count). The van der Waals surface area contributed by atoms with Crippen molar-refractivity contribution in [3.63, 3.8) is 0 Å². The normalized spacial score (nSPS) is 17.5. The zero-order chi connectivity index (χ0) is 27.9. The van der Waals surface area contributed by atoms with Crippen molar-refractivity contribution in [2.75, 3.05) is 26.4 Å². The molecule has 2 fully saturated rings. The second-order valence-electron chi connectivity index (χ2n) is 11.1. The molecule has 208 valence electrons. The highest BCUT2D eigenvalue weighted by molar-refractivity contribution is 5.95. The molecule has 0 atom stereocenters. The first kappa shape index (κ1) is 25.7. The van der Waals surface area contributed by atoms with Gasteiger partial charge in [0.05, 0.1) is 35.8 Å². The van der Waals surface area contributed by atoms with Gasteiger partial charge in [-0.1, -0.05) is 24.3 Å². The van der Waals surface area contributed by atoms with E-state index in [0.717, 1.165) is 53.5 Å². The van der Waals surface area contributed by atoms with Gasteiger partial charge >= 0.3 is 0 Å². The summed E-state index contributed by atoms with van der Waals surface area (Å²) in [6.45, 7) is 4.29. The van der Waals surface area contributed by atoms with Crippen molar-refractivity contribution in [1.29, 1.82) is 0 Å². The third-order valence-corrected chi connectivity index (χ3v) is 8.48. The molecular weight excluding hydrogens is 516 g/mol. The third kappa shape index (κ3) is 4.75. The van der Waals surface area contributed by atoms with Crippen LogP contribution in [0.3, 0.4) is 0 Å². The summed E-state index contributed by atoms with van der Waals surface area (Å²) in [5, 5.41) is 9.32. The van der Waals surface area contributed by atoms with Gasteiger partial charge in [0.25, 0.3) is 11.7 Å². The van der Waals surface area contributed by atoms with E-state index in [4.69, 9.17) is 14.6 Å². The van der Waals surface area contributed by atoms with E-state index in [0.29, 0.717) is 37.8 Å². The van der Waals surface area contributed by atoms with Crippen molar-refractivity contribution < 1.29 is 14.3 Å². The maximum atomic E-state index is 13.2. The molecule has 9 heteroatoms. The molecule has 1 aliphatic carbocycles. The summed E-state index contributed by atoms with van der Waals surface area (Å²) >= 11 is 0. The molecule has 1 saturated heterocycles. The lowest BCUT2D eigenvalue weighted by Gasteiger charge is -2.37. The average molecular weight is 549 g/mol. The van der Waals surface area contributed by atoms with E-state index >= 15 is 0 Å². The first-order valence-electron chi connectivity index (χ1n) is 14.2. The highest BCUT2D eigenvalue weighted by Crippen LogP contribution is 2.53. The van der Waals surface area contributed by atoms with Crippen molar-refractivity contribution in [3.05, 3.63) is 90.0 Å². The van der Waals surface area contributed by atoms with Crippen LogP contribution in [0.1, 0.15) is 54.2 Å². The number of hydrogen-bond acceptors (Lipinski definition) is 7.